The zero-order valence-corrected chi connectivity index (χ0v) is 23.1. The van der Waals surface area contributed by atoms with Gasteiger partial charge >= 0.3 is 0 Å². The van der Waals surface area contributed by atoms with Gasteiger partial charge < -0.3 is 10.6 Å². The minimum atomic E-state index is -1.55. The van der Waals surface area contributed by atoms with E-state index in [1.165, 1.54) is 18.2 Å². The molecular formula is C30H34ClF3N2O2. The van der Waals surface area contributed by atoms with Crippen molar-refractivity contribution < 1.29 is 22.8 Å². The lowest BCUT2D eigenvalue weighted by molar-refractivity contribution is -0.124. The third-order valence-electron chi connectivity index (χ3n) is 8.56. The number of hydrogen-bond acceptors (Lipinski definition) is 3. The number of hydrogen-bond donors (Lipinski definition) is 2. The molecule has 2 N–H and O–H groups in total. The van der Waals surface area contributed by atoms with Gasteiger partial charge in [-0.1, -0.05) is 64.4 Å². The van der Waals surface area contributed by atoms with E-state index in [-0.39, 0.29) is 45.2 Å². The summed E-state index contributed by atoms with van der Waals surface area (Å²) in [5.41, 5.74) is -1.53. The van der Waals surface area contributed by atoms with Gasteiger partial charge in [0.25, 0.3) is 0 Å². The summed E-state index contributed by atoms with van der Waals surface area (Å²) in [7, 11) is 0. The van der Waals surface area contributed by atoms with Gasteiger partial charge in [0.1, 0.15) is 5.41 Å². The molecule has 4 atom stereocenters. The number of benzene rings is 2. The van der Waals surface area contributed by atoms with Crippen LogP contribution in [0.4, 0.5) is 18.9 Å². The summed E-state index contributed by atoms with van der Waals surface area (Å²) in [5.74, 6) is -4.55. The zero-order valence-electron chi connectivity index (χ0n) is 22.4. The molecule has 0 unspecified atom stereocenters. The predicted octanol–water partition coefficient (Wildman–Crippen LogP) is 6.90. The topological polar surface area (TPSA) is 58.2 Å². The summed E-state index contributed by atoms with van der Waals surface area (Å²) in [4.78, 5) is 28.0. The molecule has 204 valence electrons. The monoisotopic (exact) mass is 546 g/mol. The highest BCUT2D eigenvalue weighted by Gasteiger charge is 2.66. The van der Waals surface area contributed by atoms with E-state index in [0.717, 1.165) is 18.9 Å². The Balaban J connectivity index is 1.71. The van der Waals surface area contributed by atoms with Crippen LogP contribution in [0.1, 0.15) is 77.3 Å². The van der Waals surface area contributed by atoms with Crippen molar-refractivity contribution in [2.75, 3.05) is 5.32 Å². The molecule has 8 heteroatoms. The normalized spacial score (nSPS) is 28.3. The van der Waals surface area contributed by atoms with Gasteiger partial charge in [-0.3, -0.25) is 9.59 Å². The van der Waals surface area contributed by atoms with Gasteiger partial charge in [0, 0.05) is 18.4 Å². The maximum Gasteiger partial charge on any atom is 0.237 e. The minimum Gasteiger partial charge on any atom is -0.322 e. The second kappa shape index (κ2) is 9.09. The van der Waals surface area contributed by atoms with Crippen LogP contribution in [0.15, 0.2) is 30.3 Å². The Morgan fingerprint density at radius 1 is 1.08 bits per heavy atom. The molecule has 2 fully saturated rings. The number of amides is 1. The molecule has 38 heavy (non-hydrogen) atoms. The van der Waals surface area contributed by atoms with Crippen molar-refractivity contribution >= 4 is 29.0 Å². The van der Waals surface area contributed by atoms with Crippen LogP contribution in [0.5, 0.6) is 0 Å². The number of halogens is 4. The van der Waals surface area contributed by atoms with Gasteiger partial charge in [0.2, 0.25) is 5.91 Å². The van der Waals surface area contributed by atoms with Crippen LogP contribution in [0, 0.1) is 34.2 Å². The fourth-order valence-electron chi connectivity index (χ4n) is 7.29. The first-order valence-electron chi connectivity index (χ1n) is 13.2. The third-order valence-corrected chi connectivity index (χ3v) is 8.85. The number of Topliss-reactive ketones (excluding diaryl/α,β-unsaturated/α-hetero) is 1. The third kappa shape index (κ3) is 4.26. The first-order chi connectivity index (χ1) is 17.7. The van der Waals surface area contributed by atoms with E-state index >= 15 is 8.78 Å². The minimum absolute atomic E-state index is 0.0699. The highest BCUT2D eigenvalue weighted by molar-refractivity contribution is 6.31. The highest BCUT2D eigenvalue weighted by atomic mass is 35.5. The molecule has 5 rings (SSSR count). The standard InChI is InChI=1S/C30H34ClF3N2O2/c1-28(2,3)14-21-30(17-9-10-18(31)24(34)25(17)36-27(30)38)22(16-7-6-8-19(32)23(16)33)26(35-21)20(37)11-15-12-29(4,5)13-15/h6-10,15,21-22,26,35H,11-14H2,1-5H3,(H,36,38)/t21-,22-,26-,30+/m0/s1. The van der Waals surface area contributed by atoms with E-state index in [1.54, 1.807) is 6.07 Å². The summed E-state index contributed by atoms with van der Waals surface area (Å²) >= 11 is 6.05. The number of fused-ring (bicyclic) bond motifs is 2. The van der Waals surface area contributed by atoms with Crippen molar-refractivity contribution in [2.45, 2.75) is 83.7 Å². The van der Waals surface area contributed by atoms with E-state index in [9.17, 15) is 14.0 Å². The number of carbonyl (C=O) groups excluding carboxylic acids is 2. The number of carbonyl (C=O) groups is 2. The molecule has 0 aromatic heterocycles. The number of rotatable bonds is 5. The van der Waals surface area contributed by atoms with E-state index in [2.05, 4.69) is 24.5 Å². The molecule has 0 bridgehead atoms. The second-order valence-corrected chi connectivity index (χ2v) is 13.7. The molecule has 1 amide bonds. The van der Waals surface area contributed by atoms with Crippen LogP contribution in [-0.4, -0.2) is 23.8 Å². The smallest absolute Gasteiger partial charge is 0.237 e. The average molecular weight is 547 g/mol. The maximum atomic E-state index is 15.5. The Hall–Kier alpha value is -2.38. The Kier molecular flexibility index (Phi) is 6.50. The lowest BCUT2D eigenvalue weighted by atomic mass is 9.60. The highest BCUT2D eigenvalue weighted by Crippen LogP contribution is 2.58. The van der Waals surface area contributed by atoms with Crippen molar-refractivity contribution in [3.63, 3.8) is 0 Å². The predicted molar refractivity (Wildman–Crippen MR) is 142 cm³/mol. The summed E-state index contributed by atoms with van der Waals surface area (Å²) in [6.45, 7) is 10.3. The van der Waals surface area contributed by atoms with Gasteiger partial charge in [-0.2, -0.15) is 0 Å². The fraction of sp³-hybridized carbons (Fsp3) is 0.533. The molecule has 1 saturated heterocycles. The van der Waals surface area contributed by atoms with Crippen LogP contribution in [-0.2, 0) is 15.0 Å². The first-order valence-corrected chi connectivity index (χ1v) is 13.6. The van der Waals surface area contributed by atoms with Crippen molar-refractivity contribution in [3.05, 3.63) is 63.9 Å². The molecular weight excluding hydrogens is 513 g/mol. The summed E-state index contributed by atoms with van der Waals surface area (Å²) < 4.78 is 45.4. The van der Waals surface area contributed by atoms with E-state index < -0.39 is 46.8 Å². The maximum absolute atomic E-state index is 15.5. The van der Waals surface area contributed by atoms with Gasteiger partial charge in [-0.15, -0.1) is 0 Å². The molecule has 2 aromatic carbocycles. The Morgan fingerprint density at radius 3 is 2.39 bits per heavy atom. The van der Waals surface area contributed by atoms with Crippen LogP contribution >= 0.6 is 11.6 Å². The van der Waals surface area contributed by atoms with Crippen LogP contribution in [0.25, 0.3) is 0 Å². The molecule has 3 aliphatic rings. The Bertz CT molecular complexity index is 1310. The lowest BCUT2D eigenvalue weighted by Gasteiger charge is -2.43. The van der Waals surface area contributed by atoms with Crippen molar-refractivity contribution in [1.29, 1.82) is 0 Å². The van der Waals surface area contributed by atoms with E-state index in [4.69, 9.17) is 11.6 Å². The fourth-order valence-corrected chi connectivity index (χ4v) is 7.45. The number of ketones is 1. The molecule has 0 radical (unpaired) electrons. The van der Waals surface area contributed by atoms with Crippen molar-refractivity contribution in [2.24, 2.45) is 16.7 Å². The van der Waals surface area contributed by atoms with Crippen LogP contribution in [0.2, 0.25) is 5.02 Å². The second-order valence-electron chi connectivity index (χ2n) is 13.3. The summed E-state index contributed by atoms with van der Waals surface area (Å²) in [6, 6.07) is 5.15. The molecule has 1 spiro atoms. The Morgan fingerprint density at radius 2 is 1.76 bits per heavy atom. The first kappa shape index (κ1) is 27.2. The zero-order chi connectivity index (χ0) is 27.8. The van der Waals surface area contributed by atoms with E-state index in [0.29, 0.717) is 12.0 Å². The van der Waals surface area contributed by atoms with Crippen molar-refractivity contribution in [1.82, 2.24) is 5.32 Å². The quantitative estimate of drug-likeness (QED) is 0.429. The molecule has 2 heterocycles. The summed E-state index contributed by atoms with van der Waals surface area (Å²) in [6.07, 6.45) is 2.50. The Labute approximate surface area is 226 Å². The molecule has 4 nitrogen and oxygen atoms in total. The van der Waals surface area contributed by atoms with Gasteiger partial charge in [-0.05, 0) is 59.3 Å². The van der Waals surface area contributed by atoms with Gasteiger partial charge in [-0.25, -0.2) is 13.2 Å². The number of nitrogens with one attached hydrogen (secondary N) is 2. The largest absolute Gasteiger partial charge is 0.322 e. The molecule has 1 saturated carbocycles. The SMILES string of the molecule is CC(C)(C)C[C@@H]1N[C@@H](C(=O)CC2CC(C)(C)C2)[C@H](c2cccc(F)c2F)[C@]12C(=O)Nc1c2ccc(Cl)c1F. The molecule has 2 aromatic rings. The van der Waals surface area contributed by atoms with Gasteiger partial charge in [0.15, 0.2) is 23.2 Å². The molecule has 1 aliphatic carbocycles. The van der Waals surface area contributed by atoms with Crippen molar-refractivity contribution in [3.8, 4) is 0 Å². The lowest BCUT2D eigenvalue weighted by Crippen LogP contribution is -2.49. The van der Waals surface area contributed by atoms with E-state index in [1.807, 2.05) is 20.8 Å². The number of anilines is 1. The van der Waals surface area contributed by atoms with Gasteiger partial charge in [0.05, 0.1) is 16.8 Å². The van der Waals surface area contributed by atoms with Crippen LogP contribution in [0.3, 0.4) is 0 Å². The summed E-state index contributed by atoms with van der Waals surface area (Å²) in [5, 5.41) is 5.90. The van der Waals surface area contributed by atoms with Crippen LogP contribution < -0.4 is 10.6 Å². The molecule has 2 aliphatic heterocycles. The average Bonchev–Trinajstić information content (AvgIpc) is 3.27.